The topological polar surface area (TPSA) is 42.2 Å². The Morgan fingerprint density at radius 3 is 2.55 bits per heavy atom. The fourth-order valence-electron chi connectivity index (χ4n) is 2.50. The van der Waals surface area contributed by atoms with Gasteiger partial charge in [-0.2, -0.15) is 0 Å². The van der Waals surface area contributed by atoms with Crippen molar-refractivity contribution in [2.24, 2.45) is 0 Å². The van der Waals surface area contributed by atoms with E-state index in [0.717, 1.165) is 23.1 Å². The van der Waals surface area contributed by atoms with Crippen molar-refractivity contribution < 1.29 is 9.90 Å². The number of nitrogens with zero attached hydrogens (tertiary/aromatic N) is 1. The first kappa shape index (κ1) is 12.5. The number of aromatic nitrogens is 1. The molecule has 0 spiro atoms. The predicted molar refractivity (Wildman–Crippen MR) is 79.2 cm³/mol. The molecule has 3 rings (SSSR count). The van der Waals surface area contributed by atoms with Crippen molar-refractivity contribution in [3.8, 4) is 0 Å². The summed E-state index contributed by atoms with van der Waals surface area (Å²) in [6.07, 6.45) is 0. The van der Waals surface area contributed by atoms with Crippen molar-refractivity contribution in [2.75, 3.05) is 0 Å². The van der Waals surface area contributed by atoms with Crippen molar-refractivity contribution >= 4 is 16.9 Å². The van der Waals surface area contributed by atoms with Crippen LogP contribution in [-0.2, 0) is 6.54 Å². The molecule has 0 saturated carbocycles. The molecule has 3 nitrogen and oxygen atoms in total. The Kier molecular flexibility index (Phi) is 3.03. The first-order valence-electron chi connectivity index (χ1n) is 6.52. The number of fused-ring (bicyclic) bond motifs is 1. The third-order valence-electron chi connectivity index (χ3n) is 3.54. The van der Waals surface area contributed by atoms with Gasteiger partial charge in [0.2, 0.25) is 0 Å². The first-order chi connectivity index (χ1) is 9.65. The summed E-state index contributed by atoms with van der Waals surface area (Å²) < 4.78 is 2.15. The van der Waals surface area contributed by atoms with Crippen molar-refractivity contribution in [1.29, 1.82) is 0 Å². The van der Waals surface area contributed by atoms with Gasteiger partial charge in [-0.05, 0) is 36.1 Å². The van der Waals surface area contributed by atoms with E-state index in [2.05, 4.69) is 22.8 Å². The molecule has 0 radical (unpaired) electrons. The standard InChI is InChI=1S/C17H15NO2/c1-12-9-14-7-8-15(17(19)20)10-16(14)18(12)11-13-5-3-2-4-6-13/h2-10H,11H2,1H3,(H,19,20). The van der Waals surface area contributed by atoms with Crippen molar-refractivity contribution in [2.45, 2.75) is 13.5 Å². The van der Waals surface area contributed by atoms with E-state index in [1.807, 2.05) is 31.2 Å². The van der Waals surface area contributed by atoms with Gasteiger partial charge in [-0.15, -0.1) is 0 Å². The Bertz CT molecular complexity index is 772. The number of aryl methyl sites for hydroxylation is 1. The Morgan fingerprint density at radius 2 is 1.85 bits per heavy atom. The number of rotatable bonds is 3. The number of hydrogen-bond acceptors (Lipinski definition) is 1. The van der Waals surface area contributed by atoms with E-state index in [-0.39, 0.29) is 0 Å². The maximum atomic E-state index is 11.1. The minimum Gasteiger partial charge on any atom is -0.478 e. The van der Waals surface area contributed by atoms with Gasteiger partial charge < -0.3 is 9.67 Å². The van der Waals surface area contributed by atoms with Gasteiger partial charge in [0.15, 0.2) is 0 Å². The summed E-state index contributed by atoms with van der Waals surface area (Å²) in [6, 6.07) is 17.5. The van der Waals surface area contributed by atoms with E-state index >= 15 is 0 Å². The van der Waals surface area contributed by atoms with Gasteiger partial charge >= 0.3 is 5.97 Å². The lowest BCUT2D eigenvalue weighted by Gasteiger charge is -2.09. The van der Waals surface area contributed by atoms with Crippen molar-refractivity contribution in [1.82, 2.24) is 4.57 Å². The molecule has 3 aromatic rings. The lowest BCUT2D eigenvalue weighted by Crippen LogP contribution is -2.02. The summed E-state index contributed by atoms with van der Waals surface area (Å²) in [7, 11) is 0. The van der Waals surface area contributed by atoms with Crippen LogP contribution in [-0.4, -0.2) is 15.6 Å². The maximum absolute atomic E-state index is 11.1. The summed E-state index contributed by atoms with van der Waals surface area (Å²) in [6.45, 7) is 2.79. The van der Waals surface area contributed by atoms with E-state index in [4.69, 9.17) is 5.11 Å². The Labute approximate surface area is 117 Å². The lowest BCUT2D eigenvalue weighted by atomic mass is 10.1. The quantitative estimate of drug-likeness (QED) is 0.784. The second-order valence-electron chi connectivity index (χ2n) is 4.94. The first-order valence-corrected chi connectivity index (χ1v) is 6.52. The summed E-state index contributed by atoms with van der Waals surface area (Å²) in [4.78, 5) is 11.1. The fraction of sp³-hybridized carbons (Fsp3) is 0.118. The minimum absolute atomic E-state index is 0.324. The molecule has 0 aliphatic rings. The molecule has 3 heteroatoms. The molecule has 20 heavy (non-hydrogen) atoms. The van der Waals surface area contributed by atoms with Crippen LogP contribution in [0.1, 0.15) is 21.6 Å². The van der Waals surface area contributed by atoms with Crippen LogP contribution in [0.25, 0.3) is 10.9 Å². The fourth-order valence-corrected chi connectivity index (χ4v) is 2.50. The molecular formula is C17H15NO2. The smallest absolute Gasteiger partial charge is 0.335 e. The molecule has 100 valence electrons. The van der Waals surface area contributed by atoms with Crippen LogP contribution in [0.3, 0.4) is 0 Å². The molecule has 1 heterocycles. The van der Waals surface area contributed by atoms with Crippen molar-refractivity contribution in [3.05, 3.63) is 71.4 Å². The van der Waals surface area contributed by atoms with Gasteiger partial charge in [-0.25, -0.2) is 4.79 Å². The number of hydrogen-bond donors (Lipinski definition) is 1. The van der Waals surface area contributed by atoms with Gasteiger partial charge in [0.1, 0.15) is 0 Å². The van der Waals surface area contributed by atoms with Crippen LogP contribution in [0, 0.1) is 6.92 Å². The van der Waals surface area contributed by atoms with Gasteiger partial charge in [-0.3, -0.25) is 0 Å². The molecule has 0 amide bonds. The molecule has 0 aliphatic heterocycles. The van der Waals surface area contributed by atoms with Crippen LogP contribution in [0.4, 0.5) is 0 Å². The highest BCUT2D eigenvalue weighted by Crippen LogP contribution is 2.22. The number of aromatic carboxylic acids is 1. The van der Waals surface area contributed by atoms with Gasteiger partial charge in [0.25, 0.3) is 0 Å². The lowest BCUT2D eigenvalue weighted by molar-refractivity contribution is 0.0697. The highest BCUT2D eigenvalue weighted by atomic mass is 16.4. The summed E-state index contributed by atoms with van der Waals surface area (Å²) >= 11 is 0. The molecule has 0 aliphatic carbocycles. The van der Waals surface area contributed by atoms with E-state index < -0.39 is 5.97 Å². The molecule has 0 unspecified atom stereocenters. The van der Waals surface area contributed by atoms with Crippen LogP contribution in [0.5, 0.6) is 0 Å². The summed E-state index contributed by atoms with van der Waals surface area (Å²) in [5.74, 6) is -0.892. The highest BCUT2D eigenvalue weighted by Gasteiger charge is 2.09. The largest absolute Gasteiger partial charge is 0.478 e. The zero-order chi connectivity index (χ0) is 14.1. The number of benzene rings is 2. The predicted octanol–water partition coefficient (Wildman–Crippen LogP) is 3.70. The Hall–Kier alpha value is -2.55. The van der Waals surface area contributed by atoms with Crippen LogP contribution in [0.15, 0.2) is 54.6 Å². The molecular weight excluding hydrogens is 250 g/mol. The van der Waals surface area contributed by atoms with E-state index in [1.54, 1.807) is 12.1 Å². The number of carbonyl (C=O) groups is 1. The second kappa shape index (κ2) is 4.85. The highest BCUT2D eigenvalue weighted by molar-refractivity contribution is 5.93. The average Bonchev–Trinajstić information content (AvgIpc) is 2.75. The van der Waals surface area contributed by atoms with E-state index in [0.29, 0.717) is 5.56 Å². The van der Waals surface area contributed by atoms with Crippen LogP contribution in [0.2, 0.25) is 0 Å². The molecule has 1 aromatic heterocycles. The molecule has 0 atom stereocenters. The SMILES string of the molecule is Cc1cc2ccc(C(=O)O)cc2n1Cc1ccccc1. The summed E-state index contributed by atoms with van der Waals surface area (Å²) in [5, 5.41) is 10.2. The maximum Gasteiger partial charge on any atom is 0.335 e. The van der Waals surface area contributed by atoms with Gasteiger partial charge in [0, 0.05) is 17.8 Å². The van der Waals surface area contributed by atoms with Gasteiger partial charge in [0.05, 0.1) is 5.56 Å². The molecule has 0 bridgehead atoms. The number of carboxylic acids is 1. The molecule has 2 aromatic carbocycles. The van der Waals surface area contributed by atoms with Crippen LogP contribution < -0.4 is 0 Å². The van der Waals surface area contributed by atoms with Crippen LogP contribution >= 0.6 is 0 Å². The average molecular weight is 265 g/mol. The van der Waals surface area contributed by atoms with E-state index in [9.17, 15) is 4.79 Å². The zero-order valence-corrected chi connectivity index (χ0v) is 11.2. The third kappa shape index (κ3) is 2.18. The number of carboxylic acid groups (broad SMARTS) is 1. The normalized spacial score (nSPS) is 10.8. The van der Waals surface area contributed by atoms with E-state index in [1.165, 1.54) is 5.56 Å². The Morgan fingerprint density at radius 1 is 1.10 bits per heavy atom. The third-order valence-corrected chi connectivity index (χ3v) is 3.54. The Balaban J connectivity index is 2.11. The monoisotopic (exact) mass is 265 g/mol. The molecule has 0 fully saturated rings. The molecule has 0 saturated heterocycles. The van der Waals surface area contributed by atoms with Gasteiger partial charge in [-0.1, -0.05) is 36.4 Å². The zero-order valence-electron chi connectivity index (χ0n) is 11.2. The summed E-state index contributed by atoms with van der Waals surface area (Å²) in [5.41, 5.74) is 3.62. The molecule has 1 N–H and O–H groups in total. The van der Waals surface area contributed by atoms with Crippen molar-refractivity contribution in [3.63, 3.8) is 0 Å². The second-order valence-corrected chi connectivity index (χ2v) is 4.94. The minimum atomic E-state index is -0.892.